The van der Waals surface area contributed by atoms with Crippen molar-refractivity contribution >= 4 is 27.5 Å². The molecule has 1 amide bonds. The normalized spacial score (nSPS) is 13.5. The van der Waals surface area contributed by atoms with Crippen molar-refractivity contribution in [3.8, 4) is 11.5 Å². The summed E-state index contributed by atoms with van der Waals surface area (Å²) in [4.78, 5) is 15.2. The fourth-order valence-corrected chi connectivity index (χ4v) is 3.94. The van der Waals surface area contributed by atoms with Crippen LogP contribution < -0.4 is 24.5 Å². The molecule has 0 spiro atoms. The number of hydrogen-bond donors (Lipinski definition) is 3. The molecule has 29 heavy (non-hydrogen) atoms. The third kappa shape index (κ3) is 5.95. The Labute approximate surface area is 170 Å². The number of benzene rings is 2. The molecule has 1 aliphatic rings. The second-order valence-corrected chi connectivity index (χ2v) is 8.07. The zero-order chi connectivity index (χ0) is 20.7. The van der Waals surface area contributed by atoms with Gasteiger partial charge in [-0.2, -0.15) is 13.1 Å². The van der Waals surface area contributed by atoms with E-state index in [9.17, 15) is 13.2 Å². The second-order valence-electron chi connectivity index (χ2n) is 6.38. The van der Waals surface area contributed by atoms with E-state index >= 15 is 0 Å². The summed E-state index contributed by atoms with van der Waals surface area (Å²) in [5.41, 5.74) is 0.373. The van der Waals surface area contributed by atoms with Gasteiger partial charge in [0.2, 0.25) is 0 Å². The number of hydrogen-bond acceptors (Lipinski definition) is 5. The molecule has 9 heteroatoms. The molecule has 1 heterocycles. The summed E-state index contributed by atoms with van der Waals surface area (Å²) in [6.07, 6.45) is 1.56. The van der Waals surface area contributed by atoms with Gasteiger partial charge in [0.1, 0.15) is 16.4 Å². The van der Waals surface area contributed by atoms with Crippen LogP contribution in [0.25, 0.3) is 0 Å². The van der Waals surface area contributed by atoms with E-state index in [0.717, 1.165) is 18.7 Å². The average molecular weight is 418 g/mol. The van der Waals surface area contributed by atoms with E-state index in [2.05, 4.69) is 15.0 Å². The van der Waals surface area contributed by atoms with Crippen LogP contribution in [-0.2, 0) is 14.8 Å². The van der Waals surface area contributed by atoms with Gasteiger partial charge in [-0.15, -0.1) is 0 Å². The predicted octanol–water partition coefficient (Wildman–Crippen LogP) is 0.654. The van der Waals surface area contributed by atoms with Gasteiger partial charge in [0.15, 0.2) is 6.61 Å². The second kappa shape index (κ2) is 9.42. The molecule has 0 radical (unpaired) electrons. The van der Waals surface area contributed by atoms with E-state index in [-0.39, 0.29) is 11.5 Å². The van der Waals surface area contributed by atoms with Gasteiger partial charge in [0.25, 0.3) is 11.7 Å². The Morgan fingerprint density at radius 3 is 2.48 bits per heavy atom. The average Bonchev–Trinajstić information content (AvgIpc) is 3.20. The summed E-state index contributed by atoms with van der Waals surface area (Å²) in [5, 5.41) is 2.65. The number of ether oxygens (including phenoxy) is 2. The lowest BCUT2D eigenvalue weighted by molar-refractivity contribution is -0.448. The molecule has 0 aromatic heterocycles. The first kappa shape index (κ1) is 20.7. The van der Waals surface area contributed by atoms with E-state index in [1.54, 1.807) is 36.4 Å². The van der Waals surface area contributed by atoms with Gasteiger partial charge in [-0.1, -0.05) is 6.07 Å². The highest BCUT2D eigenvalue weighted by Crippen LogP contribution is 2.18. The number of carbonyl (C=O) groups is 1. The van der Waals surface area contributed by atoms with Gasteiger partial charge in [-0.3, -0.25) is 9.79 Å². The summed E-state index contributed by atoms with van der Waals surface area (Å²) in [5.74, 6) is 1.45. The number of amides is 1. The summed E-state index contributed by atoms with van der Waals surface area (Å²) < 4.78 is 38.3. The Balaban J connectivity index is 1.57. The number of anilines is 1. The molecular formula is C20H24N3O5S+. The number of sulfonamides is 1. The van der Waals surface area contributed by atoms with E-state index in [0.29, 0.717) is 30.3 Å². The number of amidine groups is 1. The van der Waals surface area contributed by atoms with E-state index in [1.165, 1.54) is 12.1 Å². The lowest BCUT2D eigenvalue weighted by Crippen LogP contribution is -2.72. The zero-order valence-corrected chi connectivity index (χ0v) is 16.9. The van der Waals surface area contributed by atoms with Crippen molar-refractivity contribution < 1.29 is 27.7 Å². The standard InChI is InChI=1S/C20H23N3O5S/c1-2-27-16-8-10-17(11-9-16)28-14-20(24)22-15-5-3-6-18(13-15)29(25,26)23-19-7-4-12-21-19/h3,5-6,8-11,13H,2,4,7,12,14H2,1H3,(H,21,23)(H,22,24)/p+1. The zero-order valence-electron chi connectivity index (χ0n) is 16.1. The van der Waals surface area contributed by atoms with Crippen molar-refractivity contribution in [3.63, 3.8) is 0 Å². The molecule has 3 N–H and O–H groups in total. The van der Waals surface area contributed by atoms with Gasteiger partial charge in [-0.05, 0) is 55.8 Å². The maximum Gasteiger partial charge on any atom is 0.328 e. The van der Waals surface area contributed by atoms with E-state index < -0.39 is 15.9 Å². The molecule has 2 aromatic carbocycles. The van der Waals surface area contributed by atoms with Crippen LogP contribution in [-0.4, -0.2) is 39.9 Å². The summed E-state index contributed by atoms with van der Waals surface area (Å²) in [6, 6.07) is 13.0. The lowest BCUT2D eigenvalue weighted by Gasteiger charge is -2.09. The van der Waals surface area contributed by atoms with Crippen molar-refractivity contribution in [1.82, 2.24) is 4.72 Å². The fraction of sp³-hybridized carbons (Fsp3) is 0.300. The third-order valence-electron chi connectivity index (χ3n) is 4.13. The van der Waals surface area contributed by atoms with Gasteiger partial charge >= 0.3 is 10.0 Å². The minimum Gasteiger partial charge on any atom is -0.494 e. The van der Waals surface area contributed by atoms with Gasteiger partial charge in [0, 0.05) is 5.69 Å². The van der Waals surface area contributed by atoms with Crippen LogP contribution in [0.3, 0.4) is 0 Å². The molecule has 0 aliphatic carbocycles. The molecule has 0 fully saturated rings. The Morgan fingerprint density at radius 2 is 1.83 bits per heavy atom. The Bertz CT molecular complexity index is 987. The first-order valence-electron chi connectivity index (χ1n) is 9.34. The van der Waals surface area contributed by atoms with Crippen molar-refractivity contribution in [3.05, 3.63) is 48.5 Å². The lowest BCUT2D eigenvalue weighted by atomic mass is 10.3. The monoisotopic (exact) mass is 418 g/mol. The molecule has 0 saturated carbocycles. The van der Waals surface area contributed by atoms with Crippen LogP contribution in [0, 0.1) is 0 Å². The van der Waals surface area contributed by atoms with Crippen molar-refractivity contribution in [2.24, 2.45) is 0 Å². The molecule has 1 aliphatic heterocycles. The molecule has 0 atom stereocenters. The highest BCUT2D eigenvalue weighted by Gasteiger charge is 2.24. The van der Waals surface area contributed by atoms with E-state index in [1.807, 2.05) is 6.92 Å². The Morgan fingerprint density at radius 1 is 1.10 bits per heavy atom. The van der Waals surface area contributed by atoms with Crippen LogP contribution in [0.5, 0.6) is 11.5 Å². The molecule has 154 valence electrons. The van der Waals surface area contributed by atoms with Crippen LogP contribution in [0.4, 0.5) is 5.69 Å². The smallest absolute Gasteiger partial charge is 0.328 e. The highest BCUT2D eigenvalue weighted by molar-refractivity contribution is 7.90. The topological polar surface area (TPSA) is 108 Å². The van der Waals surface area contributed by atoms with Crippen molar-refractivity contribution in [2.45, 2.75) is 24.7 Å². The highest BCUT2D eigenvalue weighted by atomic mass is 32.2. The fourth-order valence-electron chi connectivity index (χ4n) is 2.79. The minimum atomic E-state index is -3.71. The van der Waals surface area contributed by atoms with Crippen molar-refractivity contribution in [2.75, 3.05) is 25.1 Å². The first-order valence-corrected chi connectivity index (χ1v) is 10.8. The van der Waals surface area contributed by atoms with Gasteiger partial charge < -0.3 is 14.8 Å². The van der Waals surface area contributed by atoms with Crippen LogP contribution in [0.2, 0.25) is 0 Å². The maximum atomic E-state index is 12.5. The molecular weight excluding hydrogens is 394 g/mol. The van der Waals surface area contributed by atoms with E-state index in [4.69, 9.17) is 9.47 Å². The maximum absolute atomic E-state index is 12.5. The number of nitrogens with one attached hydrogen (secondary N) is 3. The number of carbonyl (C=O) groups excluding carboxylic acids is 1. The molecule has 0 bridgehead atoms. The molecule has 3 rings (SSSR count). The van der Waals surface area contributed by atoms with Gasteiger partial charge in [0.05, 0.1) is 19.6 Å². The van der Waals surface area contributed by atoms with Crippen LogP contribution in [0.1, 0.15) is 19.8 Å². The van der Waals surface area contributed by atoms with Crippen LogP contribution in [0.15, 0.2) is 53.4 Å². The Hall–Kier alpha value is -3.07. The van der Waals surface area contributed by atoms with Crippen LogP contribution >= 0.6 is 0 Å². The third-order valence-corrected chi connectivity index (χ3v) is 5.52. The molecule has 0 saturated heterocycles. The summed E-state index contributed by atoms with van der Waals surface area (Å²) in [7, 11) is -3.71. The first-order chi connectivity index (χ1) is 14.0. The number of rotatable bonds is 8. The van der Waals surface area contributed by atoms with Gasteiger partial charge in [-0.25, -0.2) is 0 Å². The molecule has 2 aromatic rings. The molecule has 0 unspecified atom stereocenters. The minimum absolute atomic E-state index is 0.0731. The largest absolute Gasteiger partial charge is 0.494 e. The SMILES string of the molecule is CCOc1ccc(OCC(=O)Nc2cccc(S(=O)(=O)NC3=[NH+]CCC3)c2)cc1. The summed E-state index contributed by atoms with van der Waals surface area (Å²) >= 11 is 0. The molecule has 8 nitrogen and oxygen atoms in total. The van der Waals surface area contributed by atoms with Crippen molar-refractivity contribution in [1.29, 1.82) is 0 Å². The summed E-state index contributed by atoms with van der Waals surface area (Å²) in [6.45, 7) is 3.02. The predicted molar refractivity (Wildman–Crippen MR) is 109 cm³/mol. The quantitative estimate of drug-likeness (QED) is 0.584. The Kier molecular flexibility index (Phi) is 6.71.